The normalized spacial score (nSPS) is 11.5. The van der Waals surface area contributed by atoms with Crippen molar-refractivity contribution in [3.63, 3.8) is 0 Å². The van der Waals surface area contributed by atoms with Crippen molar-refractivity contribution in [2.24, 2.45) is 0 Å². The molecule has 0 bridgehead atoms. The number of hydrogen-bond acceptors (Lipinski definition) is 4. The summed E-state index contributed by atoms with van der Waals surface area (Å²) in [5, 5.41) is 9.65. The van der Waals surface area contributed by atoms with Gasteiger partial charge in [-0.2, -0.15) is 5.10 Å². The lowest BCUT2D eigenvalue weighted by atomic mass is 10.1. The summed E-state index contributed by atoms with van der Waals surface area (Å²) in [6.07, 6.45) is 1.48. The van der Waals surface area contributed by atoms with Crippen LogP contribution >= 0.6 is 15.9 Å². The van der Waals surface area contributed by atoms with Gasteiger partial charge in [-0.25, -0.2) is 13.1 Å². The standard InChI is InChI=1S/C17H21BrN4O3S/c1-4-9-19-26(24,25)10-12-5-7-13(8-6-12)20-17(23)16-14(18)15(11(2)3)21-22-16/h4-8,11,19H,1,9-10H2,2-3H3,(H,20,23)(H,21,22). The summed E-state index contributed by atoms with van der Waals surface area (Å²) in [5.41, 5.74) is 2.29. The van der Waals surface area contributed by atoms with E-state index in [0.717, 1.165) is 5.69 Å². The first-order valence-corrected chi connectivity index (χ1v) is 10.4. The maximum atomic E-state index is 12.4. The number of benzene rings is 1. The fraction of sp³-hybridized carbons (Fsp3) is 0.294. The van der Waals surface area contributed by atoms with E-state index >= 15 is 0 Å². The van der Waals surface area contributed by atoms with Gasteiger partial charge in [0.05, 0.1) is 15.9 Å². The molecule has 1 aromatic heterocycles. The molecular weight excluding hydrogens is 420 g/mol. The molecule has 0 fully saturated rings. The highest BCUT2D eigenvalue weighted by Gasteiger charge is 2.19. The molecule has 2 aromatic rings. The molecule has 1 heterocycles. The number of halogens is 1. The second-order valence-electron chi connectivity index (χ2n) is 6.00. The second kappa shape index (κ2) is 8.61. The van der Waals surface area contributed by atoms with Crippen LogP contribution < -0.4 is 10.0 Å². The highest BCUT2D eigenvalue weighted by molar-refractivity contribution is 9.10. The Kier molecular flexibility index (Phi) is 6.74. The minimum absolute atomic E-state index is 0.141. The van der Waals surface area contributed by atoms with Crippen molar-refractivity contribution in [1.29, 1.82) is 0 Å². The zero-order valence-corrected chi connectivity index (χ0v) is 16.9. The number of anilines is 1. The summed E-state index contributed by atoms with van der Waals surface area (Å²) in [6.45, 7) is 7.66. The molecule has 2 rings (SSSR count). The Labute approximate surface area is 161 Å². The highest BCUT2D eigenvalue weighted by Crippen LogP contribution is 2.26. The first-order valence-electron chi connectivity index (χ1n) is 7.95. The van der Waals surface area contributed by atoms with Crippen molar-refractivity contribution < 1.29 is 13.2 Å². The fourth-order valence-corrected chi connectivity index (χ4v) is 4.13. The van der Waals surface area contributed by atoms with E-state index in [1.54, 1.807) is 24.3 Å². The van der Waals surface area contributed by atoms with E-state index in [9.17, 15) is 13.2 Å². The first-order chi connectivity index (χ1) is 12.2. The van der Waals surface area contributed by atoms with Crippen molar-refractivity contribution in [3.05, 3.63) is 58.3 Å². The number of H-pyrrole nitrogens is 1. The smallest absolute Gasteiger partial charge is 0.277 e. The van der Waals surface area contributed by atoms with Gasteiger partial charge in [0.2, 0.25) is 10.0 Å². The zero-order valence-electron chi connectivity index (χ0n) is 14.5. The van der Waals surface area contributed by atoms with E-state index in [1.807, 2.05) is 13.8 Å². The molecule has 140 valence electrons. The third-order valence-electron chi connectivity index (χ3n) is 3.54. The largest absolute Gasteiger partial charge is 0.321 e. The van der Waals surface area contributed by atoms with E-state index in [4.69, 9.17) is 0 Å². The number of aromatic amines is 1. The van der Waals surface area contributed by atoms with E-state index in [1.165, 1.54) is 6.08 Å². The van der Waals surface area contributed by atoms with Crippen LogP contribution in [0, 0.1) is 0 Å². The molecule has 0 unspecified atom stereocenters. The molecule has 26 heavy (non-hydrogen) atoms. The topological polar surface area (TPSA) is 104 Å². The van der Waals surface area contributed by atoms with E-state index in [2.05, 4.69) is 42.7 Å². The Hall–Kier alpha value is -1.97. The summed E-state index contributed by atoms with van der Waals surface area (Å²) in [5.74, 6) is -0.292. The lowest BCUT2D eigenvalue weighted by Crippen LogP contribution is -2.25. The van der Waals surface area contributed by atoms with Gasteiger partial charge in [-0.05, 0) is 39.5 Å². The minimum atomic E-state index is -3.42. The molecule has 3 N–H and O–H groups in total. The fourth-order valence-electron chi connectivity index (χ4n) is 2.21. The molecule has 9 heteroatoms. The first kappa shape index (κ1) is 20.3. The number of aromatic nitrogens is 2. The van der Waals surface area contributed by atoms with Gasteiger partial charge in [-0.15, -0.1) is 6.58 Å². The molecule has 0 aliphatic carbocycles. The maximum Gasteiger partial charge on any atom is 0.277 e. The molecular formula is C17H21BrN4O3S. The van der Waals surface area contributed by atoms with Gasteiger partial charge in [-0.3, -0.25) is 9.89 Å². The van der Waals surface area contributed by atoms with Crippen molar-refractivity contribution >= 4 is 37.5 Å². The average molecular weight is 441 g/mol. The summed E-state index contributed by atoms with van der Waals surface area (Å²) < 4.78 is 26.8. The van der Waals surface area contributed by atoms with E-state index < -0.39 is 10.0 Å². The number of nitrogens with one attached hydrogen (secondary N) is 3. The lowest BCUT2D eigenvalue weighted by molar-refractivity contribution is 0.102. The average Bonchev–Trinajstić information content (AvgIpc) is 2.96. The quantitative estimate of drug-likeness (QED) is 0.548. The molecule has 1 amide bonds. The number of sulfonamides is 1. The van der Waals surface area contributed by atoms with Crippen molar-refractivity contribution in [2.75, 3.05) is 11.9 Å². The highest BCUT2D eigenvalue weighted by atomic mass is 79.9. The summed E-state index contributed by atoms with van der Waals surface area (Å²) in [6, 6.07) is 6.62. The van der Waals surface area contributed by atoms with Crippen LogP contribution in [-0.4, -0.2) is 31.1 Å². The van der Waals surface area contributed by atoms with Crippen LogP contribution in [0.5, 0.6) is 0 Å². The van der Waals surface area contributed by atoms with Crippen LogP contribution in [0.3, 0.4) is 0 Å². The molecule has 0 aliphatic heterocycles. The Balaban J connectivity index is 2.05. The summed E-state index contributed by atoms with van der Waals surface area (Å²) in [4.78, 5) is 12.4. The molecule has 0 saturated carbocycles. The van der Waals surface area contributed by atoms with Gasteiger partial charge in [0.15, 0.2) is 5.69 Å². The summed E-state index contributed by atoms with van der Waals surface area (Å²) in [7, 11) is -3.42. The van der Waals surface area contributed by atoms with Crippen molar-refractivity contribution in [3.8, 4) is 0 Å². The van der Waals surface area contributed by atoms with Gasteiger partial charge in [0.25, 0.3) is 5.91 Å². The number of rotatable bonds is 8. The molecule has 1 aromatic carbocycles. The van der Waals surface area contributed by atoms with Crippen LogP contribution in [-0.2, 0) is 15.8 Å². The number of carbonyl (C=O) groups is 1. The van der Waals surface area contributed by atoms with Gasteiger partial charge in [0.1, 0.15) is 0 Å². The Bertz CT molecular complexity index is 889. The van der Waals surface area contributed by atoms with Crippen LogP contribution in [0.2, 0.25) is 0 Å². The third kappa shape index (κ3) is 5.26. The number of carbonyl (C=O) groups excluding carboxylic acids is 1. The minimum Gasteiger partial charge on any atom is -0.321 e. The SMILES string of the molecule is C=CCNS(=O)(=O)Cc1ccc(NC(=O)c2n[nH]c(C(C)C)c2Br)cc1. The van der Waals surface area contributed by atoms with Crippen LogP contribution in [0.25, 0.3) is 0 Å². The predicted octanol–water partition coefficient (Wildman–Crippen LogP) is 3.15. The number of nitrogens with zero attached hydrogens (tertiary/aromatic N) is 1. The third-order valence-corrected chi connectivity index (χ3v) is 5.66. The number of amides is 1. The van der Waals surface area contributed by atoms with Gasteiger partial charge >= 0.3 is 0 Å². The summed E-state index contributed by atoms with van der Waals surface area (Å²) >= 11 is 3.40. The maximum absolute atomic E-state index is 12.4. The van der Waals surface area contributed by atoms with Gasteiger partial charge in [0, 0.05) is 12.2 Å². The predicted molar refractivity (Wildman–Crippen MR) is 106 cm³/mol. The van der Waals surface area contributed by atoms with Crippen molar-refractivity contribution in [2.45, 2.75) is 25.5 Å². The molecule has 0 radical (unpaired) electrons. The molecule has 7 nitrogen and oxygen atoms in total. The van der Waals surface area contributed by atoms with Crippen LogP contribution in [0.4, 0.5) is 5.69 Å². The number of hydrogen-bond donors (Lipinski definition) is 3. The van der Waals surface area contributed by atoms with Crippen molar-refractivity contribution in [1.82, 2.24) is 14.9 Å². The molecule has 0 aliphatic rings. The molecule has 0 spiro atoms. The Morgan fingerprint density at radius 1 is 1.35 bits per heavy atom. The monoisotopic (exact) mass is 440 g/mol. The lowest BCUT2D eigenvalue weighted by Gasteiger charge is -2.07. The van der Waals surface area contributed by atoms with Gasteiger partial charge in [-0.1, -0.05) is 32.1 Å². The van der Waals surface area contributed by atoms with E-state index in [0.29, 0.717) is 15.7 Å². The second-order valence-corrected chi connectivity index (χ2v) is 8.60. The molecule has 0 saturated heterocycles. The van der Waals surface area contributed by atoms with Crippen LogP contribution in [0.15, 0.2) is 41.4 Å². The van der Waals surface area contributed by atoms with Crippen LogP contribution in [0.1, 0.15) is 41.5 Å². The Morgan fingerprint density at radius 3 is 2.54 bits per heavy atom. The zero-order chi connectivity index (χ0) is 19.3. The Morgan fingerprint density at radius 2 is 2.00 bits per heavy atom. The van der Waals surface area contributed by atoms with E-state index in [-0.39, 0.29) is 29.8 Å². The molecule has 0 atom stereocenters. The van der Waals surface area contributed by atoms with Gasteiger partial charge < -0.3 is 5.32 Å².